The van der Waals surface area contributed by atoms with Gasteiger partial charge in [0.25, 0.3) is 0 Å². The number of nitrogens with one attached hydrogen (secondary N) is 2. The molecule has 0 heterocycles. The number of hydrogen-bond donors (Lipinski definition) is 2. The van der Waals surface area contributed by atoms with Crippen molar-refractivity contribution in [1.29, 1.82) is 0 Å². The normalized spacial score (nSPS) is 13.0. The number of carbonyl (C=O) groups is 3. The van der Waals surface area contributed by atoms with Crippen molar-refractivity contribution in [3.05, 3.63) is 42.0 Å². The zero-order valence-electron chi connectivity index (χ0n) is 19.7. The SMILES string of the molecule is C=Cc1cccc(C(C(=O)NCCCC)N(CC)C(=O)C(C)NC(=O)OC(C)(C)C)c1. The van der Waals surface area contributed by atoms with Crippen molar-refractivity contribution in [2.24, 2.45) is 0 Å². The molecule has 2 atom stereocenters. The fourth-order valence-electron chi connectivity index (χ4n) is 3.07. The van der Waals surface area contributed by atoms with Crippen LogP contribution in [0, 0.1) is 0 Å². The monoisotopic (exact) mass is 431 g/mol. The molecule has 0 aromatic heterocycles. The Bertz CT molecular complexity index is 770. The van der Waals surface area contributed by atoms with E-state index in [2.05, 4.69) is 17.2 Å². The minimum atomic E-state index is -0.858. The van der Waals surface area contributed by atoms with Crippen LogP contribution in [0.25, 0.3) is 6.08 Å². The van der Waals surface area contributed by atoms with Crippen LogP contribution in [0.15, 0.2) is 30.8 Å². The molecule has 0 aliphatic heterocycles. The molecule has 2 N–H and O–H groups in total. The van der Waals surface area contributed by atoms with Crippen molar-refractivity contribution in [2.75, 3.05) is 13.1 Å². The third kappa shape index (κ3) is 8.44. The Hall–Kier alpha value is -2.83. The molecule has 0 fully saturated rings. The van der Waals surface area contributed by atoms with Crippen molar-refractivity contribution in [3.63, 3.8) is 0 Å². The minimum absolute atomic E-state index is 0.255. The van der Waals surface area contributed by atoms with Gasteiger partial charge in [-0.3, -0.25) is 9.59 Å². The van der Waals surface area contributed by atoms with Crippen LogP contribution in [-0.2, 0) is 14.3 Å². The number of rotatable bonds is 10. The molecular weight excluding hydrogens is 394 g/mol. The number of unbranched alkanes of at least 4 members (excludes halogenated alkanes) is 1. The van der Waals surface area contributed by atoms with E-state index in [1.54, 1.807) is 33.8 Å². The van der Waals surface area contributed by atoms with Gasteiger partial charge in [-0.1, -0.05) is 44.2 Å². The van der Waals surface area contributed by atoms with Crippen LogP contribution < -0.4 is 10.6 Å². The van der Waals surface area contributed by atoms with Gasteiger partial charge in [-0.2, -0.15) is 0 Å². The average molecular weight is 432 g/mol. The number of likely N-dealkylation sites (N-methyl/N-ethyl adjacent to an activating group) is 1. The highest BCUT2D eigenvalue weighted by atomic mass is 16.6. The van der Waals surface area contributed by atoms with E-state index in [0.29, 0.717) is 18.7 Å². The summed E-state index contributed by atoms with van der Waals surface area (Å²) >= 11 is 0. The van der Waals surface area contributed by atoms with Gasteiger partial charge < -0.3 is 20.3 Å². The van der Waals surface area contributed by atoms with E-state index in [-0.39, 0.29) is 11.8 Å². The number of hydrogen-bond acceptors (Lipinski definition) is 4. The van der Waals surface area contributed by atoms with Gasteiger partial charge >= 0.3 is 6.09 Å². The lowest BCUT2D eigenvalue weighted by molar-refractivity contribution is -0.141. The molecule has 3 amide bonds. The summed E-state index contributed by atoms with van der Waals surface area (Å²) in [4.78, 5) is 39.9. The molecule has 1 rings (SSSR count). The number of alkyl carbamates (subject to hydrolysis) is 1. The quantitative estimate of drug-likeness (QED) is 0.547. The molecule has 0 bridgehead atoms. The van der Waals surface area contributed by atoms with Crippen LogP contribution in [0.3, 0.4) is 0 Å². The molecule has 7 nitrogen and oxygen atoms in total. The maximum atomic E-state index is 13.2. The number of ether oxygens (including phenoxy) is 1. The fourth-order valence-corrected chi connectivity index (χ4v) is 3.07. The summed E-state index contributed by atoms with van der Waals surface area (Å²) < 4.78 is 5.25. The summed E-state index contributed by atoms with van der Waals surface area (Å²) in [6, 6.07) is 5.70. The van der Waals surface area contributed by atoms with Gasteiger partial charge in [0.2, 0.25) is 11.8 Å². The third-order valence-electron chi connectivity index (χ3n) is 4.58. The predicted octanol–water partition coefficient (Wildman–Crippen LogP) is 4.05. The first-order chi connectivity index (χ1) is 14.5. The Morgan fingerprint density at radius 1 is 1.23 bits per heavy atom. The van der Waals surface area contributed by atoms with E-state index in [1.165, 1.54) is 4.90 Å². The largest absolute Gasteiger partial charge is 0.444 e. The molecule has 7 heteroatoms. The van der Waals surface area contributed by atoms with Crippen LogP contribution in [0.1, 0.15) is 71.6 Å². The molecule has 0 spiro atoms. The summed E-state index contributed by atoms with van der Waals surface area (Å²) in [6.45, 7) is 15.3. The summed E-state index contributed by atoms with van der Waals surface area (Å²) in [5.74, 6) is -0.623. The van der Waals surface area contributed by atoms with Crippen molar-refractivity contribution in [3.8, 4) is 0 Å². The first kappa shape index (κ1) is 26.2. The molecule has 2 unspecified atom stereocenters. The molecule has 0 radical (unpaired) electrons. The predicted molar refractivity (Wildman–Crippen MR) is 123 cm³/mol. The highest BCUT2D eigenvalue weighted by Crippen LogP contribution is 2.24. The number of benzene rings is 1. The van der Waals surface area contributed by atoms with E-state index < -0.39 is 23.8 Å². The van der Waals surface area contributed by atoms with E-state index in [9.17, 15) is 14.4 Å². The van der Waals surface area contributed by atoms with Crippen LogP contribution in [0.2, 0.25) is 0 Å². The first-order valence-electron chi connectivity index (χ1n) is 10.8. The Balaban J connectivity index is 3.16. The summed E-state index contributed by atoms with van der Waals surface area (Å²) in [5.41, 5.74) is 0.864. The fraction of sp³-hybridized carbons (Fsp3) is 0.542. The Morgan fingerprint density at radius 2 is 1.90 bits per heavy atom. The highest BCUT2D eigenvalue weighted by molar-refractivity contribution is 5.92. The van der Waals surface area contributed by atoms with Crippen LogP contribution in [-0.4, -0.2) is 47.5 Å². The lowest BCUT2D eigenvalue weighted by atomic mass is 10.0. The van der Waals surface area contributed by atoms with E-state index >= 15 is 0 Å². The second kappa shape index (κ2) is 12.1. The topological polar surface area (TPSA) is 87.7 Å². The maximum Gasteiger partial charge on any atom is 0.408 e. The van der Waals surface area contributed by atoms with E-state index in [4.69, 9.17) is 4.74 Å². The van der Waals surface area contributed by atoms with Crippen molar-refractivity contribution in [2.45, 2.75) is 72.1 Å². The van der Waals surface area contributed by atoms with Crippen LogP contribution in [0.4, 0.5) is 4.79 Å². The summed E-state index contributed by atoms with van der Waals surface area (Å²) in [5, 5.41) is 5.50. The van der Waals surface area contributed by atoms with Crippen LogP contribution >= 0.6 is 0 Å². The smallest absolute Gasteiger partial charge is 0.408 e. The minimum Gasteiger partial charge on any atom is -0.444 e. The molecule has 0 saturated heterocycles. The second-order valence-electron chi connectivity index (χ2n) is 8.41. The Morgan fingerprint density at radius 3 is 2.45 bits per heavy atom. The van der Waals surface area contributed by atoms with E-state index in [1.807, 2.05) is 38.1 Å². The second-order valence-corrected chi connectivity index (χ2v) is 8.41. The molecule has 0 saturated carbocycles. The van der Waals surface area contributed by atoms with E-state index in [0.717, 1.165) is 18.4 Å². The zero-order valence-corrected chi connectivity index (χ0v) is 19.7. The molecule has 0 aliphatic rings. The van der Waals surface area contributed by atoms with Gasteiger partial charge in [0.15, 0.2) is 0 Å². The Kier molecular flexibility index (Phi) is 10.3. The zero-order chi connectivity index (χ0) is 23.6. The maximum absolute atomic E-state index is 13.2. The van der Waals surface area contributed by atoms with Gasteiger partial charge in [-0.15, -0.1) is 0 Å². The molecule has 1 aromatic carbocycles. The van der Waals surface area contributed by atoms with Crippen LogP contribution in [0.5, 0.6) is 0 Å². The van der Waals surface area contributed by atoms with Gasteiger partial charge in [0.1, 0.15) is 17.7 Å². The molecule has 172 valence electrons. The van der Waals surface area contributed by atoms with Crippen molar-refractivity contribution < 1.29 is 19.1 Å². The Labute approximate surface area is 186 Å². The number of nitrogens with zero attached hydrogens (tertiary/aromatic N) is 1. The standard InChI is InChI=1S/C24H37N3O4/c1-8-11-15-25-21(28)20(19-14-12-13-18(9-2)16-19)27(10-3)22(29)17(4)26-23(30)31-24(5,6)7/h9,12-14,16-17,20H,2,8,10-11,15H2,1,3-7H3,(H,25,28)(H,26,30). The molecule has 0 aliphatic carbocycles. The highest BCUT2D eigenvalue weighted by Gasteiger charge is 2.33. The lowest BCUT2D eigenvalue weighted by Crippen LogP contribution is -2.51. The number of carbonyl (C=O) groups excluding carboxylic acids is 3. The summed E-state index contributed by atoms with van der Waals surface area (Å²) in [7, 11) is 0. The molecular formula is C24H37N3O4. The van der Waals surface area contributed by atoms with Gasteiger partial charge in [-0.05, 0) is 58.2 Å². The van der Waals surface area contributed by atoms with Crippen molar-refractivity contribution >= 4 is 24.0 Å². The first-order valence-corrected chi connectivity index (χ1v) is 10.8. The lowest BCUT2D eigenvalue weighted by Gasteiger charge is -2.33. The third-order valence-corrected chi connectivity index (χ3v) is 4.58. The number of amides is 3. The van der Waals surface area contributed by atoms with Gasteiger partial charge in [-0.25, -0.2) is 4.79 Å². The van der Waals surface area contributed by atoms with Crippen molar-refractivity contribution in [1.82, 2.24) is 15.5 Å². The average Bonchev–Trinajstić information content (AvgIpc) is 2.69. The molecule has 1 aromatic rings. The van der Waals surface area contributed by atoms with Gasteiger partial charge in [0.05, 0.1) is 0 Å². The summed E-state index contributed by atoms with van der Waals surface area (Å²) in [6.07, 6.45) is 2.81. The van der Waals surface area contributed by atoms with Gasteiger partial charge in [0, 0.05) is 13.1 Å². The molecule has 31 heavy (non-hydrogen) atoms.